The number of likely N-dealkylation sites (tertiary alicyclic amines) is 1. The Hall–Kier alpha value is -0.0800. The molecule has 2 unspecified atom stereocenters. The first-order valence-corrected chi connectivity index (χ1v) is 5.66. The van der Waals surface area contributed by atoms with Crippen LogP contribution >= 0.6 is 0 Å². The van der Waals surface area contributed by atoms with E-state index in [0.29, 0.717) is 6.04 Å². The Morgan fingerprint density at radius 3 is 2.85 bits per heavy atom. The molecule has 0 aromatic rings. The Balaban J connectivity index is 2.25. The minimum absolute atomic E-state index is 0.106. The smallest absolute Gasteiger partial charge is 0.0667 e. The summed E-state index contributed by atoms with van der Waals surface area (Å²) in [6.07, 6.45) is 5.90. The summed E-state index contributed by atoms with van der Waals surface area (Å²) >= 11 is 0. The maximum atomic E-state index is 9.68. The minimum Gasteiger partial charge on any atom is -0.392 e. The van der Waals surface area contributed by atoms with Crippen molar-refractivity contribution < 1.29 is 5.11 Å². The molecule has 1 aliphatic heterocycles. The Labute approximate surface area is 81.9 Å². The first-order valence-electron chi connectivity index (χ1n) is 5.66. The molecule has 0 amide bonds. The fraction of sp³-hybridized carbons (Fsp3) is 1.00. The van der Waals surface area contributed by atoms with Crippen molar-refractivity contribution in [2.45, 2.75) is 58.1 Å². The third-order valence-electron chi connectivity index (χ3n) is 3.01. The molecule has 1 rings (SSSR count). The van der Waals surface area contributed by atoms with Crippen LogP contribution in [0.2, 0.25) is 0 Å². The quantitative estimate of drug-likeness (QED) is 0.724. The number of hydrogen-bond acceptors (Lipinski definition) is 2. The molecule has 2 atom stereocenters. The molecule has 1 aliphatic rings. The van der Waals surface area contributed by atoms with Crippen LogP contribution in [0, 0.1) is 0 Å². The van der Waals surface area contributed by atoms with E-state index in [1.54, 1.807) is 0 Å². The van der Waals surface area contributed by atoms with Crippen molar-refractivity contribution >= 4 is 0 Å². The van der Waals surface area contributed by atoms with Gasteiger partial charge in [0.05, 0.1) is 6.10 Å². The van der Waals surface area contributed by atoms with Crippen LogP contribution in [0.3, 0.4) is 0 Å². The largest absolute Gasteiger partial charge is 0.392 e. The van der Waals surface area contributed by atoms with Gasteiger partial charge in [-0.2, -0.15) is 0 Å². The fourth-order valence-electron chi connectivity index (χ4n) is 2.12. The maximum absolute atomic E-state index is 9.68. The van der Waals surface area contributed by atoms with Crippen molar-refractivity contribution in [3.8, 4) is 0 Å². The third-order valence-corrected chi connectivity index (χ3v) is 3.01. The summed E-state index contributed by atoms with van der Waals surface area (Å²) in [4.78, 5) is 2.43. The lowest BCUT2D eigenvalue weighted by Crippen LogP contribution is -2.42. The summed E-state index contributed by atoms with van der Waals surface area (Å²) in [6, 6.07) is 0.681. The minimum atomic E-state index is -0.106. The highest BCUT2D eigenvalue weighted by atomic mass is 16.3. The highest BCUT2D eigenvalue weighted by Crippen LogP contribution is 2.16. The van der Waals surface area contributed by atoms with Crippen molar-refractivity contribution in [2.75, 3.05) is 13.1 Å². The molecular formula is C11H23NO. The lowest BCUT2D eigenvalue weighted by Gasteiger charge is -2.34. The third kappa shape index (κ3) is 3.65. The summed E-state index contributed by atoms with van der Waals surface area (Å²) in [5, 5.41) is 9.68. The highest BCUT2D eigenvalue weighted by molar-refractivity contribution is 4.75. The van der Waals surface area contributed by atoms with Crippen LogP contribution in [0.1, 0.15) is 46.0 Å². The van der Waals surface area contributed by atoms with Gasteiger partial charge in [-0.25, -0.2) is 0 Å². The molecular weight excluding hydrogens is 162 g/mol. The molecule has 0 aromatic heterocycles. The number of β-amino-alcohol motifs (C(OH)–C–C–N with tert-alkyl or cyclic N) is 1. The van der Waals surface area contributed by atoms with Crippen molar-refractivity contribution in [2.24, 2.45) is 0 Å². The molecule has 1 heterocycles. The predicted molar refractivity (Wildman–Crippen MR) is 55.8 cm³/mol. The summed E-state index contributed by atoms with van der Waals surface area (Å²) in [6.45, 7) is 6.47. The van der Waals surface area contributed by atoms with Crippen molar-refractivity contribution in [3.05, 3.63) is 0 Å². The second kappa shape index (κ2) is 5.61. The van der Waals surface area contributed by atoms with E-state index in [0.717, 1.165) is 19.4 Å². The van der Waals surface area contributed by atoms with E-state index < -0.39 is 0 Å². The van der Waals surface area contributed by atoms with Crippen molar-refractivity contribution in [3.63, 3.8) is 0 Å². The van der Waals surface area contributed by atoms with Gasteiger partial charge < -0.3 is 5.11 Å². The molecule has 2 nitrogen and oxygen atoms in total. The Morgan fingerprint density at radius 2 is 2.23 bits per heavy atom. The van der Waals surface area contributed by atoms with Crippen LogP contribution in [0.4, 0.5) is 0 Å². The molecule has 1 fully saturated rings. The summed E-state index contributed by atoms with van der Waals surface area (Å²) in [5.74, 6) is 0. The number of hydrogen-bond donors (Lipinski definition) is 1. The van der Waals surface area contributed by atoms with E-state index in [1.807, 2.05) is 0 Å². The van der Waals surface area contributed by atoms with Gasteiger partial charge in [-0.15, -0.1) is 0 Å². The topological polar surface area (TPSA) is 23.5 Å². The van der Waals surface area contributed by atoms with E-state index in [4.69, 9.17) is 0 Å². The fourth-order valence-corrected chi connectivity index (χ4v) is 2.12. The lowest BCUT2D eigenvalue weighted by molar-refractivity contribution is 0.0683. The van der Waals surface area contributed by atoms with Gasteiger partial charge in [-0.1, -0.05) is 19.8 Å². The van der Waals surface area contributed by atoms with Gasteiger partial charge in [0.2, 0.25) is 0 Å². The molecule has 2 heteroatoms. The van der Waals surface area contributed by atoms with E-state index in [2.05, 4.69) is 18.7 Å². The van der Waals surface area contributed by atoms with E-state index in [9.17, 15) is 5.11 Å². The van der Waals surface area contributed by atoms with Gasteiger partial charge in [-0.05, 0) is 32.7 Å². The number of nitrogens with zero attached hydrogens (tertiary/aromatic N) is 1. The molecule has 1 N–H and O–H groups in total. The maximum Gasteiger partial charge on any atom is 0.0667 e. The standard InChI is InChI=1S/C11H23NO/c1-3-6-11(13)9-12-8-5-4-7-10(12)2/h10-11,13H,3-9H2,1-2H3. The summed E-state index contributed by atoms with van der Waals surface area (Å²) in [7, 11) is 0. The molecule has 0 aromatic carbocycles. The molecule has 0 spiro atoms. The second-order valence-electron chi connectivity index (χ2n) is 4.28. The summed E-state index contributed by atoms with van der Waals surface area (Å²) in [5.41, 5.74) is 0. The van der Waals surface area contributed by atoms with Crippen LogP contribution in [0.5, 0.6) is 0 Å². The van der Waals surface area contributed by atoms with Crippen molar-refractivity contribution in [1.29, 1.82) is 0 Å². The number of rotatable bonds is 4. The molecule has 0 aliphatic carbocycles. The van der Waals surface area contributed by atoms with E-state index in [1.165, 1.54) is 25.8 Å². The first-order chi connectivity index (χ1) is 6.24. The number of aliphatic hydroxyl groups excluding tert-OH is 1. The normalized spacial score (nSPS) is 27.5. The highest BCUT2D eigenvalue weighted by Gasteiger charge is 2.19. The van der Waals surface area contributed by atoms with Crippen LogP contribution in [0.15, 0.2) is 0 Å². The molecule has 1 saturated heterocycles. The molecule has 0 saturated carbocycles. The second-order valence-corrected chi connectivity index (χ2v) is 4.28. The van der Waals surface area contributed by atoms with Crippen molar-refractivity contribution in [1.82, 2.24) is 4.90 Å². The average molecular weight is 185 g/mol. The lowest BCUT2D eigenvalue weighted by atomic mass is 10.0. The molecule has 0 radical (unpaired) electrons. The van der Waals surface area contributed by atoms with Gasteiger partial charge >= 0.3 is 0 Å². The first kappa shape index (κ1) is 11.0. The monoisotopic (exact) mass is 185 g/mol. The van der Waals surface area contributed by atoms with E-state index >= 15 is 0 Å². The van der Waals surface area contributed by atoms with Gasteiger partial charge in [0.25, 0.3) is 0 Å². The van der Waals surface area contributed by atoms with Gasteiger partial charge in [0, 0.05) is 12.6 Å². The van der Waals surface area contributed by atoms with Crippen LogP contribution in [-0.2, 0) is 0 Å². The zero-order valence-electron chi connectivity index (χ0n) is 9.00. The zero-order chi connectivity index (χ0) is 9.68. The SMILES string of the molecule is CCCC(O)CN1CCCCC1C. The molecule has 13 heavy (non-hydrogen) atoms. The van der Waals surface area contributed by atoms with Gasteiger partial charge in [0.15, 0.2) is 0 Å². The number of piperidine rings is 1. The zero-order valence-corrected chi connectivity index (χ0v) is 9.00. The predicted octanol–water partition coefficient (Wildman–Crippen LogP) is 2.02. The van der Waals surface area contributed by atoms with Crippen LogP contribution in [-0.4, -0.2) is 35.2 Å². The average Bonchev–Trinajstić information content (AvgIpc) is 2.09. The van der Waals surface area contributed by atoms with E-state index in [-0.39, 0.29) is 6.10 Å². The number of aliphatic hydroxyl groups is 1. The Kier molecular flexibility index (Phi) is 4.74. The Morgan fingerprint density at radius 1 is 1.46 bits per heavy atom. The van der Waals surface area contributed by atoms with Gasteiger partial charge in [-0.3, -0.25) is 4.90 Å². The molecule has 78 valence electrons. The van der Waals surface area contributed by atoms with Crippen LogP contribution in [0.25, 0.3) is 0 Å². The summed E-state index contributed by atoms with van der Waals surface area (Å²) < 4.78 is 0. The van der Waals surface area contributed by atoms with Crippen LogP contribution < -0.4 is 0 Å². The Bertz CT molecular complexity index is 138. The molecule has 0 bridgehead atoms. The van der Waals surface area contributed by atoms with Gasteiger partial charge in [0.1, 0.15) is 0 Å².